The first-order chi connectivity index (χ1) is 9.92. The molecule has 0 aromatic carbocycles. The number of hydrogen-bond acceptors (Lipinski definition) is 4. The van der Waals surface area contributed by atoms with Crippen LogP contribution in [0.2, 0.25) is 5.02 Å². The molecule has 0 fully saturated rings. The Morgan fingerprint density at radius 2 is 2.10 bits per heavy atom. The van der Waals surface area contributed by atoms with Gasteiger partial charge in [0, 0.05) is 23.0 Å². The number of aryl methyl sites for hydroxylation is 2. The molecule has 0 radical (unpaired) electrons. The number of halogens is 1. The van der Waals surface area contributed by atoms with E-state index in [0.717, 1.165) is 5.56 Å². The van der Waals surface area contributed by atoms with Crippen LogP contribution < -0.4 is 10.6 Å². The predicted molar refractivity (Wildman–Crippen MR) is 88.5 cm³/mol. The normalized spacial score (nSPS) is 12.0. The second-order valence-electron chi connectivity index (χ2n) is 4.87. The number of rotatable bonds is 4. The van der Waals surface area contributed by atoms with E-state index >= 15 is 0 Å². The van der Waals surface area contributed by atoms with E-state index < -0.39 is 0 Å². The van der Waals surface area contributed by atoms with Crippen LogP contribution in [-0.4, -0.2) is 17.9 Å². The van der Waals surface area contributed by atoms with Crippen LogP contribution in [0.25, 0.3) is 0 Å². The van der Waals surface area contributed by atoms with Crippen molar-refractivity contribution in [2.45, 2.75) is 26.8 Å². The summed E-state index contributed by atoms with van der Waals surface area (Å²) in [6, 6.07) is 3.68. The Labute approximate surface area is 133 Å². The van der Waals surface area contributed by atoms with Crippen LogP contribution in [0.4, 0.5) is 5.82 Å². The van der Waals surface area contributed by atoms with Crippen LogP contribution in [0.15, 0.2) is 18.3 Å². The molecule has 2 aromatic rings. The van der Waals surface area contributed by atoms with Crippen molar-refractivity contribution in [3.05, 3.63) is 44.2 Å². The maximum Gasteiger partial charge on any atom is 0.253 e. The quantitative estimate of drug-likeness (QED) is 0.896. The number of carbonyl (C=O) groups excluding carboxylic acids is 1. The molecule has 112 valence electrons. The number of nitrogens with zero attached hydrogens (tertiary/aromatic N) is 1. The first-order valence-electron chi connectivity index (χ1n) is 6.63. The van der Waals surface area contributed by atoms with E-state index in [0.29, 0.717) is 16.4 Å². The zero-order valence-electron chi connectivity index (χ0n) is 12.5. The monoisotopic (exact) mass is 323 g/mol. The first-order valence-corrected chi connectivity index (χ1v) is 7.83. The Morgan fingerprint density at radius 3 is 2.62 bits per heavy atom. The second kappa shape index (κ2) is 6.45. The first kappa shape index (κ1) is 15.8. The fourth-order valence-electron chi connectivity index (χ4n) is 2.18. The predicted octanol–water partition coefficient (Wildman–Crippen LogP) is 3.95. The van der Waals surface area contributed by atoms with Crippen molar-refractivity contribution in [3.8, 4) is 0 Å². The van der Waals surface area contributed by atoms with Gasteiger partial charge in [-0.05, 0) is 38.5 Å². The number of pyridine rings is 1. The van der Waals surface area contributed by atoms with Crippen molar-refractivity contribution in [1.29, 1.82) is 0 Å². The third-order valence-corrected chi connectivity index (χ3v) is 4.50. The third kappa shape index (κ3) is 3.54. The van der Waals surface area contributed by atoms with Crippen LogP contribution in [0.1, 0.15) is 38.6 Å². The molecule has 0 aliphatic carbocycles. The fraction of sp³-hybridized carbons (Fsp3) is 0.333. The molecule has 1 unspecified atom stereocenters. The van der Waals surface area contributed by atoms with Crippen molar-refractivity contribution in [2.24, 2.45) is 0 Å². The lowest BCUT2D eigenvalue weighted by Gasteiger charge is -2.14. The van der Waals surface area contributed by atoms with Gasteiger partial charge in [-0.2, -0.15) is 0 Å². The summed E-state index contributed by atoms with van der Waals surface area (Å²) in [5, 5.41) is 6.28. The van der Waals surface area contributed by atoms with E-state index in [-0.39, 0.29) is 11.9 Å². The Balaban J connectivity index is 2.14. The van der Waals surface area contributed by atoms with E-state index in [9.17, 15) is 4.79 Å². The van der Waals surface area contributed by atoms with Crippen LogP contribution in [0, 0.1) is 13.8 Å². The Hall–Kier alpha value is -1.59. The molecule has 2 N–H and O–H groups in total. The minimum Gasteiger partial charge on any atom is -0.372 e. The summed E-state index contributed by atoms with van der Waals surface area (Å²) in [6.07, 6.45) is 1.52. The summed E-state index contributed by atoms with van der Waals surface area (Å²) < 4.78 is 0. The van der Waals surface area contributed by atoms with Crippen LogP contribution in [-0.2, 0) is 0 Å². The van der Waals surface area contributed by atoms with Gasteiger partial charge in [-0.15, -0.1) is 11.3 Å². The highest BCUT2D eigenvalue weighted by atomic mass is 35.5. The van der Waals surface area contributed by atoms with Crippen molar-refractivity contribution >= 4 is 34.7 Å². The van der Waals surface area contributed by atoms with Crippen LogP contribution in [0.5, 0.6) is 0 Å². The number of anilines is 1. The molecular weight excluding hydrogens is 306 g/mol. The maximum atomic E-state index is 12.3. The lowest BCUT2D eigenvalue weighted by molar-refractivity contribution is 0.0939. The van der Waals surface area contributed by atoms with E-state index in [1.807, 2.05) is 6.92 Å². The van der Waals surface area contributed by atoms with E-state index in [1.165, 1.54) is 16.0 Å². The number of amides is 1. The van der Waals surface area contributed by atoms with Crippen molar-refractivity contribution in [1.82, 2.24) is 10.3 Å². The number of aromatic nitrogens is 1. The van der Waals surface area contributed by atoms with Gasteiger partial charge < -0.3 is 10.6 Å². The molecule has 2 heterocycles. The molecule has 0 spiro atoms. The molecule has 21 heavy (non-hydrogen) atoms. The van der Waals surface area contributed by atoms with Gasteiger partial charge >= 0.3 is 0 Å². The molecule has 1 atom stereocenters. The van der Waals surface area contributed by atoms with Crippen molar-refractivity contribution in [3.63, 3.8) is 0 Å². The summed E-state index contributed by atoms with van der Waals surface area (Å²) in [5.74, 6) is 0.383. The maximum absolute atomic E-state index is 12.3. The minimum absolute atomic E-state index is 0.0507. The number of carbonyl (C=O) groups is 1. The number of nitrogens with one attached hydrogen (secondary N) is 2. The average molecular weight is 324 g/mol. The number of hydrogen-bond donors (Lipinski definition) is 2. The van der Waals surface area contributed by atoms with Gasteiger partial charge in [0.25, 0.3) is 5.91 Å². The van der Waals surface area contributed by atoms with Gasteiger partial charge in [0.1, 0.15) is 5.82 Å². The van der Waals surface area contributed by atoms with Crippen molar-refractivity contribution < 1.29 is 4.79 Å². The minimum atomic E-state index is -0.178. The fourth-order valence-corrected chi connectivity index (χ4v) is 3.47. The molecule has 0 saturated heterocycles. The molecule has 0 saturated carbocycles. The summed E-state index contributed by atoms with van der Waals surface area (Å²) >= 11 is 7.79. The van der Waals surface area contributed by atoms with Gasteiger partial charge in [0.15, 0.2) is 0 Å². The highest BCUT2D eigenvalue weighted by Gasteiger charge is 2.16. The van der Waals surface area contributed by atoms with Crippen molar-refractivity contribution in [2.75, 3.05) is 12.4 Å². The second-order valence-corrected chi connectivity index (χ2v) is 6.74. The molecule has 0 bridgehead atoms. The third-order valence-electron chi connectivity index (χ3n) is 3.23. The van der Waals surface area contributed by atoms with Crippen LogP contribution >= 0.6 is 22.9 Å². The van der Waals surface area contributed by atoms with Gasteiger partial charge in [0.05, 0.1) is 16.6 Å². The average Bonchev–Trinajstić information content (AvgIpc) is 2.77. The molecule has 0 aliphatic rings. The summed E-state index contributed by atoms with van der Waals surface area (Å²) in [7, 11) is 1.73. The molecule has 0 aliphatic heterocycles. The van der Waals surface area contributed by atoms with E-state index in [4.69, 9.17) is 11.6 Å². The Morgan fingerprint density at radius 1 is 1.38 bits per heavy atom. The van der Waals surface area contributed by atoms with Gasteiger partial charge in [0.2, 0.25) is 0 Å². The topological polar surface area (TPSA) is 54.0 Å². The van der Waals surface area contributed by atoms with E-state index in [2.05, 4.69) is 35.5 Å². The Bertz CT molecular complexity index is 669. The van der Waals surface area contributed by atoms with Gasteiger partial charge in [-0.25, -0.2) is 4.98 Å². The Kier molecular flexibility index (Phi) is 4.85. The lowest BCUT2D eigenvalue weighted by atomic mass is 10.1. The van der Waals surface area contributed by atoms with Crippen LogP contribution in [0.3, 0.4) is 0 Å². The van der Waals surface area contributed by atoms with Gasteiger partial charge in [-0.1, -0.05) is 11.6 Å². The molecule has 2 aromatic heterocycles. The summed E-state index contributed by atoms with van der Waals surface area (Å²) in [5.41, 5.74) is 1.60. The number of thiophene rings is 1. The summed E-state index contributed by atoms with van der Waals surface area (Å²) in [4.78, 5) is 18.9. The SMILES string of the molecule is CNc1ncc(C(=O)NC(C)c2cc(C)sc2C)cc1Cl. The van der Waals surface area contributed by atoms with E-state index in [1.54, 1.807) is 24.5 Å². The molecular formula is C15H18ClN3OS. The zero-order valence-corrected chi connectivity index (χ0v) is 14.0. The smallest absolute Gasteiger partial charge is 0.253 e. The standard InChI is InChI=1S/C15H18ClN3OS/c1-8-5-12(10(3)21-8)9(2)19-15(20)11-6-13(16)14(17-4)18-7-11/h5-7,9H,1-4H3,(H,17,18)(H,19,20). The van der Waals surface area contributed by atoms with Gasteiger partial charge in [-0.3, -0.25) is 4.79 Å². The summed E-state index contributed by atoms with van der Waals surface area (Å²) in [6.45, 7) is 6.11. The highest BCUT2D eigenvalue weighted by molar-refractivity contribution is 7.12. The molecule has 4 nitrogen and oxygen atoms in total. The lowest BCUT2D eigenvalue weighted by Crippen LogP contribution is -2.26. The largest absolute Gasteiger partial charge is 0.372 e. The highest BCUT2D eigenvalue weighted by Crippen LogP contribution is 2.26. The molecule has 2 rings (SSSR count). The molecule has 6 heteroatoms. The zero-order chi connectivity index (χ0) is 15.6. The molecule has 1 amide bonds.